The highest BCUT2D eigenvalue weighted by molar-refractivity contribution is 7.14. The highest BCUT2D eigenvalue weighted by atomic mass is 32.1. The molecule has 0 spiro atoms. The van der Waals surface area contributed by atoms with E-state index in [4.69, 9.17) is 0 Å². The first-order valence-corrected chi connectivity index (χ1v) is 7.37. The van der Waals surface area contributed by atoms with Crippen molar-refractivity contribution in [2.45, 2.75) is 13.1 Å². The molecule has 0 saturated carbocycles. The van der Waals surface area contributed by atoms with Crippen molar-refractivity contribution in [3.05, 3.63) is 52.1 Å². The van der Waals surface area contributed by atoms with Crippen molar-refractivity contribution in [3.63, 3.8) is 0 Å². The second kappa shape index (κ2) is 5.62. The van der Waals surface area contributed by atoms with E-state index in [9.17, 15) is 18.0 Å². The second-order valence-corrected chi connectivity index (χ2v) is 5.77. The highest BCUT2D eigenvalue weighted by Gasteiger charge is 2.36. The number of carbonyl (C=O) groups excluding carboxylic acids is 1. The molecule has 0 bridgehead atoms. The quantitative estimate of drug-likeness (QED) is 0.760. The Hall–Kier alpha value is -2.48. The van der Waals surface area contributed by atoms with Crippen LogP contribution in [0.2, 0.25) is 0 Å². The lowest BCUT2D eigenvalue weighted by atomic mass is 10.2. The van der Waals surface area contributed by atoms with Crippen LogP contribution in [-0.2, 0) is 6.18 Å². The maximum Gasteiger partial charge on any atom is 0.443 e. The lowest BCUT2D eigenvalue weighted by Crippen LogP contribution is -2.12. The average Bonchev–Trinajstić information content (AvgIpc) is 2.90. The van der Waals surface area contributed by atoms with Crippen LogP contribution >= 0.6 is 11.3 Å². The van der Waals surface area contributed by atoms with Gasteiger partial charge in [-0.1, -0.05) is 18.2 Å². The predicted octanol–water partition coefficient (Wildman–Crippen LogP) is 4.27. The number of hydrogen-bond acceptors (Lipinski definition) is 4. The standard InChI is InChI=1S/C15H10F3N3OS/c1-8-12(23-14(20-8)15(16,17)18)13(22)21-10-6-2-4-9-5-3-7-19-11(9)10/h2-7H,1H3,(H,21,22). The summed E-state index contributed by atoms with van der Waals surface area (Å²) in [5.41, 5.74) is 1.06. The summed E-state index contributed by atoms with van der Waals surface area (Å²) in [4.78, 5) is 19.8. The molecule has 0 atom stereocenters. The Balaban J connectivity index is 1.94. The Bertz CT molecular complexity index is 884. The van der Waals surface area contributed by atoms with Crippen molar-refractivity contribution in [1.29, 1.82) is 0 Å². The SMILES string of the molecule is Cc1nc(C(F)(F)F)sc1C(=O)Nc1cccc2cccnc12. The molecule has 3 aromatic rings. The molecule has 0 unspecified atom stereocenters. The molecule has 4 nitrogen and oxygen atoms in total. The third-order valence-electron chi connectivity index (χ3n) is 3.13. The smallest absolute Gasteiger partial charge is 0.319 e. The summed E-state index contributed by atoms with van der Waals surface area (Å²) in [5, 5.41) is 2.40. The van der Waals surface area contributed by atoms with Crippen molar-refractivity contribution in [2.75, 3.05) is 5.32 Å². The van der Waals surface area contributed by atoms with Crippen molar-refractivity contribution in [3.8, 4) is 0 Å². The number of aromatic nitrogens is 2. The molecular formula is C15H10F3N3OS. The van der Waals surface area contributed by atoms with E-state index in [-0.39, 0.29) is 10.6 Å². The number of carbonyl (C=O) groups is 1. The van der Waals surface area contributed by atoms with Crippen LogP contribution in [0.3, 0.4) is 0 Å². The topological polar surface area (TPSA) is 54.9 Å². The normalized spacial score (nSPS) is 11.7. The first-order valence-electron chi connectivity index (χ1n) is 6.56. The number of hydrogen-bond donors (Lipinski definition) is 1. The molecule has 8 heteroatoms. The van der Waals surface area contributed by atoms with Gasteiger partial charge in [-0.3, -0.25) is 9.78 Å². The summed E-state index contributed by atoms with van der Waals surface area (Å²) in [6.45, 7) is 1.38. The number of fused-ring (bicyclic) bond motifs is 1. The number of pyridine rings is 1. The zero-order valence-corrected chi connectivity index (χ0v) is 12.6. The number of alkyl halides is 3. The molecule has 0 aliphatic rings. The van der Waals surface area contributed by atoms with Crippen LogP contribution in [-0.4, -0.2) is 15.9 Å². The van der Waals surface area contributed by atoms with Gasteiger partial charge in [-0.05, 0) is 19.1 Å². The lowest BCUT2D eigenvalue weighted by molar-refractivity contribution is -0.137. The van der Waals surface area contributed by atoms with Crippen LogP contribution in [0.1, 0.15) is 20.4 Å². The highest BCUT2D eigenvalue weighted by Crippen LogP contribution is 2.34. The minimum absolute atomic E-state index is 0.0491. The number of aryl methyl sites for hydroxylation is 1. The number of nitrogens with one attached hydrogen (secondary N) is 1. The summed E-state index contributed by atoms with van der Waals surface area (Å²) >= 11 is 0.331. The van der Waals surface area contributed by atoms with Gasteiger partial charge < -0.3 is 5.32 Å². The minimum Gasteiger partial charge on any atom is -0.319 e. The molecule has 0 aliphatic heterocycles. The molecule has 118 valence electrons. The molecular weight excluding hydrogens is 327 g/mol. The third-order valence-corrected chi connectivity index (χ3v) is 4.33. The monoisotopic (exact) mass is 337 g/mol. The zero-order valence-electron chi connectivity index (χ0n) is 11.8. The van der Waals surface area contributed by atoms with Gasteiger partial charge in [0.2, 0.25) is 0 Å². The van der Waals surface area contributed by atoms with Gasteiger partial charge in [0, 0.05) is 11.6 Å². The van der Waals surface area contributed by atoms with E-state index in [0.29, 0.717) is 22.5 Å². The summed E-state index contributed by atoms with van der Waals surface area (Å²) in [5.74, 6) is -0.631. The number of halogens is 3. The van der Waals surface area contributed by atoms with E-state index < -0.39 is 17.1 Å². The maximum absolute atomic E-state index is 12.7. The van der Waals surface area contributed by atoms with Gasteiger partial charge in [0.25, 0.3) is 5.91 Å². The van der Waals surface area contributed by atoms with Crippen molar-refractivity contribution < 1.29 is 18.0 Å². The van der Waals surface area contributed by atoms with E-state index in [2.05, 4.69) is 15.3 Å². The predicted molar refractivity (Wildman–Crippen MR) is 81.5 cm³/mol. The van der Waals surface area contributed by atoms with Crippen LogP contribution in [0.25, 0.3) is 10.9 Å². The van der Waals surface area contributed by atoms with Crippen LogP contribution in [0.4, 0.5) is 18.9 Å². The zero-order chi connectivity index (χ0) is 16.6. The maximum atomic E-state index is 12.7. The summed E-state index contributed by atoms with van der Waals surface area (Å²) in [7, 11) is 0. The Kier molecular flexibility index (Phi) is 3.77. The second-order valence-electron chi connectivity index (χ2n) is 4.77. The molecule has 0 saturated heterocycles. The van der Waals surface area contributed by atoms with Crippen LogP contribution in [0.15, 0.2) is 36.5 Å². The van der Waals surface area contributed by atoms with Gasteiger partial charge in [-0.15, -0.1) is 11.3 Å². The number of thiazole rings is 1. The van der Waals surface area contributed by atoms with Crippen LogP contribution < -0.4 is 5.32 Å². The fraction of sp³-hybridized carbons (Fsp3) is 0.133. The largest absolute Gasteiger partial charge is 0.443 e. The number of anilines is 1. The van der Waals surface area contributed by atoms with Gasteiger partial charge in [-0.25, -0.2) is 4.98 Å². The number of amides is 1. The summed E-state index contributed by atoms with van der Waals surface area (Å²) in [6, 6.07) is 8.81. The molecule has 23 heavy (non-hydrogen) atoms. The van der Waals surface area contributed by atoms with E-state index in [1.54, 1.807) is 24.4 Å². The number of nitrogens with zero attached hydrogens (tertiary/aromatic N) is 2. The number of benzene rings is 1. The van der Waals surface area contributed by atoms with Gasteiger partial charge >= 0.3 is 6.18 Å². The van der Waals surface area contributed by atoms with Crippen molar-refractivity contribution in [1.82, 2.24) is 9.97 Å². The number of rotatable bonds is 2. The molecule has 1 N–H and O–H groups in total. The fourth-order valence-electron chi connectivity index (χ4n) is 2.11. The first kappa shape index (κ1) is 15.4. The third kappa shape index (κ3) is 3.02. The Morgan fingerprint density at radius 3 is 2.65 bits per heavy atom. The average molecular weight is 337 g/mol. The van der Waals surface area contributed by atoms with Crippen molar-refractivity contribution in [2.24, 2.45) is 0 Å². The molecule has 0 aliphatic carbocycles. The molecule has 3 rings (SSSR count). The Morgan fingerprint density at radius 1 is 1.22 bits per heavy atom. The Labute approximate surface area is 133 Å². The summed E-state index contributed by atoms with van der Waals surface area (Å²) in [6.07, 6.45) is -2.98. The molecule has 0 fully saturated rings. The molecule has 1 amide bonds. The Morgan fingerprint density at radius 2 is 1.96 bits per heavy atom. The fourth-order valence-corrected chi connectivity index (χ4v) is 2.94. The molecule has 2 heterocycles. The van der Waals surface area contributed by atoms with E-state index in [1.807, 2.05) is 12.1 Å². The number of para-hydroxylation sites is 1. The molecule has 1 aromatic carbocycles. The van der Waals surface area contributed by atoms with Crippen molar-refractivity contribution >= 4 is 33.8 Å². The van der Waals surface area contributed by atoms with E-state index >= 15 is 0 Å². The van der Waals surface area contributed by atoms with Gasteiger partial charge in [0.15, 0.2) is 5.01 Å². The molecule has 0 radical (unpaired) electrons. The van der Waals surface area contributed by atoms with Crippen LogP contribution in [0, 0.1) is 6.92 Å². The van der Waals surface area contributed by atoms with E-state index in [0.717, 1.165) is 5.39 Å². The summed E-state index contributed by atoms with van der Waals surface area (Å²) < 4.78 is 38.1. The molecule has 2 aromatic heterocycles. The lowest BCUT2D eigenvalue weighted by Gasteiger charge is -2.07. The van der Waals surface area contributed by atoms with Gasteiger partial charge in [0.05, 0.1) is 16.9 Å². The van der Waals surface area contributed by atoms with E-state index in [1.165, 1.54) is 6.92 Å². The minimum atomic E-state index is -4.56. The van der Waals surface area contributed by atoms with Crippen LogP contribution in [0.5, 0.6) is 0 Å². The first-order chi connectivity index (χ1) is 10.9. The van der Waals surface area contributed by atoms with Gasteiger partial charge in [0.1, 0.15) is 4.88 Å². The van der Waals surface area contributed by atoms with Gasteiger partial charge in [-0.2, -0.15) is 13.2 Å².